The van der Waals surface area contributed by atoms with Crippen molar-refractivity contribution in [1.82, 2.24) is 9.55 Å². The zero-order valence-electron chi connectivity index (χ0n) is 13.1. The first kappa shape index (κ1) is 18.1. The average molecular weight is 414 g/mol. The maximum absolute atomic E-state index is 12.6. The van der Waals surface area contributed by atoms with Crippen LogP contribution in [0.25, 0.3) is 10.2 Å². The maximum Gasteiger partial charge on any atom is 0.263 e. The largest absolute Gasteiger partial charge is 0.323 e. The molecular formula is C16H13Cl2N3O2S2. The molecule has 0 aliphatic carbocycles. The molecule has 0 bridgehead atoms. The third-order valence-corrected chi connectivity index (χ3v) is 5.66. The van der Waals surface area contributed by atoms with Crippen molar-refractivity contribution in [2.75, 3.05) is 5.32 Å². The van der Waals surface area contributed by atoms with Gasteiger partial charge in [0.2, 0.25) is 5.91 Å². The minimum Gasteiger partial charge on any atom is -0.323 e. The Kier molecular flexibility index (Phi) is 5.29. The number of H-pyrrole nitrogens is 1. The number of nitrogens with zero attached hydrogens (tertiary/aromatic N) is 1. The Morgan fingerprint density at radius 1 is 1.36 bits per heavy atom. The summed E-state index contributed by atoms with van der Waals surface area (Å²) in [6.07, 6.45) is 0.827. The summed E-state index contributed by atoms with van der Waals surface area (Å²) in [7, 11) is 0. The zero-order valence-corrected chi connectivity index (χ0v) is 16.2. The average Bonchev–Trinajstić information content (AvgIpc) is 2.98. The summed E-state index contributed by atoms with van der Waals surface area (Å²) in [5.41, 5.74) is 0.0917. The molecule has 2 heterocycles. The Balaban J connectivity index is 1.92. The first-order valence-corrected chi connectivity index (χ1v) is 9.37. The van der Waals surface area contributed by atoms with Gasteiger partial charge in [-0.2, -0.15) is 0 Å². The lowest BCUT2D eigenvalue weighted by Gasteiger charge is -2.09. The van der Waals surface area contributed by atoms with Crippen molar-refractivity contribution in [3.05, 3.63) is 54.3 Å². The number of hydrogen-bond acceptors (Lipinski definition) is 4. The standard InChI is InChI=1S/C16H13Cl2N3O2S2/c1-2-9-6-10-14(25-9)20-16(24)21(15(10)23)7-13(22)19-12-5-8(17)3-4-11(12)18/h3-6H,2,7H2,1H3,(H,19,22)(H,20,24). The molecule has 0 unspecified atom stereocenters. The highest BCUT2D eigenvalue weighted by molar-refractivity contribution is 7.71. The molecule has 1 amide bonds. The van der Waals surface area contributed by atoms with E-state index in [2.05, 4.69) is 10.3 Å². The van der Waals surface area contributed by atoms with Crippen LogP contribution in [-0.2, 0) is 17.8 Å². The number of carbonyl (C=O) groups is 1. The van der Waals surface area contributed by atoms with E-state index >= 15 is 0 Å². The molecule has 9 heteroatoms. The fourth-order valence-electron chi connectivity index (χ4n) is 2.34. The van der Waals surface area contributed by atoms with Crippen molar-refractivity contribution in [3.8, 4) is 0 Å². The first-order chi connectivity index (χ1) is 11.9. The van der Waals surface area contributed by atoms with Crippen LogP contribution in [0.15, 0.2) is 29.1 Å². The number of fused-ring (bicyclic) bond motifs is 1. The number of amides is 1. The quantitative estimate of drug-likeness (QED) is 0.612. The number of thiophene rings is 1. The smallest absolute Gasteiger partial charge is 0.263 e. The topological polar surface area (TPSA) is 66.9 Å². The van der Waals surface area contributed by atoms with Crippen LogP contribution in [0.5, 0.6) is 0 Å². The highest BCUT2D eigenvalue weighted by Crippen LogP contribution is 2.25. The summed E-state index contributed by atoms with van der Waals surface area (Å²) in [4.78, 5) is 29.8. The Morgan fingerprint density at radius 3 is 2.84 bits per heavy atom. The van der Waals surface area contributed by atoms with Gasteiger partial charge in [-0.05, 0) is 42.9 Å². The number of aryl methyl sites for hydroxylation is 1. The summed E-state index contributed by atoms with van der Waals surface area (Å²) in [6, 6.07) is 6.58. The molecular weight excluding hydrogens is 401 g/mol. The van der Waals surface area contributed by atoms with E-state index in [-0.39, 0.29) is 16.9 Å². The molecule has 0 radical (unpaired) electrons. The van der Waals surface area contributed by atoms with Gasteiger partial charge in [0.15, 0.2) is 4.77 Å². The van der Waals surface area contributed by atoms with Gasteiger partial charge in [0.05, 0.1) is 16.1 Å². The van der Waals surface area contributed by atoms with Crippen LogP contribution < -0.4 is 10.9 Å². The molecule has 1 aromatic carbocycles. The van der Waals surface area contributed by atoms with E-state index in [4.69, 9.17) is 35.4 Å². The van der Waals surface area contributed by atoms with Gasteiger partial charge in [0, 0.05) is 9.90 Å². The lowest BCUT2D eigenvalue weighted by Crippen LogP contribution is -2.28. The van der Waals surface area contributed by atoms with Crippen molar-refractivity contribution in [2.24, 2.45) is 0 Å². The highest BCUT2D eigenvalue weighted by Gasteiger charge is 2.13. The number of anilines is 1. The van der Waals surface area contributed by atoms with E-state index in [1.54, 1.807) is 18.2 Å². The predicted molar refractivity (Wildman–Crippen MR) is 106 cm³/mol. The van der Waals surface area contributed by atoms with E-state index in [9.17, 15) is 9.59 Å². The Morgan fingerprint density at radius 2 is 2.12 bits per heavy atom. The molecule has 5 nitrogen and oxygen atoms in total. The molecule has 0 aliphatic heterocycles. The van der Waals surface area contributed by atoms with Gasteiger partial charge in [-0.1, -0.05) is 30.1 Å². The number of hydrogen-bond donors (Lipinski definition) is 2. The van der Waals surface area contributed by atoms with Crippen LogP contribution in [-0.4, -0.2) is 15.5 Å². The molecule has 130 valence electrons. The monoisotopic (exact) mass is 413 g/mol. The molecule has 0 saturated heterocycles. The van der Waals surface area contributed by atoms with Crippen LogP contribution in [0.3, 0.4) is 0 Å². The third-order valence-electron chi connectivity index (χ3n) is 3.58. The van der Waals surface area contributed by atoms with E-state index in [1.807, 2.05) is 13.0 Å². The predicted octanol–water partition coefficient (Wildman–Crippen LogP) is 4.63. The van der Waals surface area contributed by atoms with Crippen LogP contribution in [0.2, 0.25) is 10.0 Å². The summed E-state index contributed by atoms with van der Waals surface area (Å²) in [5.74, 6) is -0.420. The second kappa shape index (κ2) is 7.29. The summed E-state index contributed by atoms with van der Waals surface area (Å²) >= 11 is 18.7. The molecule has 0 aliphatic rings. The Hall–Kier alpha value is -1.67. The van der Waals surface area contributed by atoms with Crippen LogP contribution in [0, 0.1) is 4.77 Å². The lowest BCUT2D eigenvalue weighted by molar-refractivity contribution is -0.116. The first-order valence-electron chi connectivity index (χ1n) is 7.39. The van der Waals surface area contributed by atoms with Gasteiger partial charge >= 0.3 is 0 Å². The van der Waals surface area contributed by atoms with Crippen molar-refractivity contribution >= 4 is 68.6 Å². The Bertz CT molecular complexity index is 1090. The highest BCUT2D eigenvalue weighted by atomic mass is 35.5. The second-order valence-electron chi connectivity index (χ2n) is 5.30. The lowest BCUT2D eigenvalue weighted by atomic mass is 10.3. The van der Waals surface area contributed by atoms with Crippen molar-refractivity contribution in [2.45, 2.75) is 19.9 Å². The fraction of sp³-hybridized carbons (Fsp3) is 0.188. The minimum absolute atomic E-state index is 0.203. The van der Waals surface area contributed by atoms with E-state index in [0.29, 0.717) is 21.1 Å². The van der Waals surface area contributed by atoms with E-state index in [0.717, 1.165) is 16.1 Å². The van der Waals surface area contributed by atoms with Gasteiger partial charge in [0.25, 0.3) is 5.56 Å². The summed E-state index contributed by atoms with van der Waals surface area (Å²) < 4.78 is 1.44. The molecule has 2 aromatic heterocycles. The third kappa shape index (κ3) is 3.79. The van der Waals surface area contributed by atoms with Gasteiger partial charge in [0.1, 0.15) is 11.4 Å². The normalized spacial score (nSPS) is 11.0. The number of nitrogens with one attached hydrogen (secondary N) is 2. The molecule has 0 fully saturated rings. The molecule has 3 rings (SSSR count). The number of benzene rings is 1. The van der Waals surface area contributed by atoms with Crippen molar-refractivity contribution < 1.29 is 4.79 Å². The molecule has 0 atom stereocenters. The number of carbonyl (C=O) groups excluding carboxylic acids is 1. The molecule has 3 aromatic rings. The van der Waals surface area contributed by atoms with Crippen LogP contribution >= 0.6 is 46.8 Å². The van der Waals surface area contributed by atoms with Crippen molar-refractivity contribution in [1.29, 1.82) is 0 Å². The molecule has 0 saturated carbocycles. The van der Waals surface area contributed by atoms with Crippen molar-refractivity contribution in [3.63, 3.8) is 0 Å². The van der Waals surface area contributed by atoms with E-state index in [1.165, 1.54) is 15.9 Å². The Labute approximate surface area is 162 Å². The number of aromatic nitrogens is 2. The number of aromatic amines is 1. The number of halogens is 2. The molecule has 0 spiro atoms. The van der Waals surface area contributed by atoms with Gasteiger partial charge < -0.3 is 10.3 Å². The minimum atomic E-state index is -0.420. The fourth-order valence-corrected chi connectivity index (χ4v) is 3.98. The van der Waals surface area contributed by atoms with Gasteiger partial charge in [-0.15, -0.1) is 11.3 Å². The number of rotatable bonds is 4. The van der Waals surface area contributed by atoms with Gasteiger partial charge in [-0.3, -0.25) is 14.2 Å². The summed E-state index contributed by atoms with van der Waals surface area (Å²) in [6.45, 7) is 1.80. The van der Waals surface area contributed by atoms with Gasteiger partial charge in [-0.25, -0.2) is 0 Å². The molecule has 2 N–H and O–H groups in total. The van der Waals surface area contributed by atoms with Crippen LogP contribution in [0.4, 0.5) is 5.69 Å². The van der Waals surface area contributed by atoms with E-state index < -0.39 is 5.91 Å². The SMILES string of the molecule is CCc1cc2c(=O)n(CC(=O)Nc3cc(Cl)ccc3Cl)c(=S)[nH]c2s1. The second-order valence-corrected chi connectivity index (χ2v) is 7.67. The summed E-state index contributed by atoms with van der Waals surface area (Å²) in [5, 5.41) is 3.98. The maximum atomic E-state index is 12.6. The zero-order chi connectivity index (χ0) is 18.1. The molecule has 25 heavy (non-hydrogen) atoms. The van der Waals surface area contributed by atoms with Crippen LogP contribution in [0.1, 0.15) is 11.8 Å².